The van der Waals surface area contributed by atoms with Gasteiger partial charge in [-0.05, 0) is 54.2 Å². The van der Waals surface area contributed by atoms with E-state index >= 15 is 0 Å². The summed E-state index contributed by atoms with van der Waals surface area (Å²) in [5.41, 5.74) is 7.53. The summed E-state index contributed by atoms with van der Waals surface area (Å²) in [4.78, 5) is 12.3. The topological polar surface area (TPSA) is 72.5 Å². The van der Waals surface area contributed by atoms with Crippen molar-refractivity contribution in [3.05, 3.63) is 88.0 Å². The predicted molar refractivity (Wildman–Crippen MR) is 136 cm³/mol. The van der Waals surface area contributed by atoms with Gasteiger partial charge < -0.3 is 4.74 Å². The summed E-state index contributed by atoms with van der Waals surface area (Å²) >= 11 is 0. The Morgan fingerprint density at radius 1 is 0.939 bits per heavy atom. The number of rotatable bonds is 7. The van der Waals surface area contributed by atoms with Crippen molar-refractivity contribution in [1.82, 2.24) is 0 Å². The molecule has 0 radical (unpaired) electrons. The molecule has 172 valence electrons. The Hall–Kier alpha value is -3.38. The Balaban J connectivity index is 2.35. The quantitative estimate of drug-likeness (QED) is 0.369. The van der Waals surface area contributed by atoms with Crippen molar-refractivity contribution in [2.45, 2.75) is 27.2 Å². The number of methoxy groups -OCH3 is 1. The standard InChI is InChI=1S/C27H29NO4S/c1-18-11-14-22(15-12-18)26-19(2)23(16-13-21-9-7-6-8-10-21)27(28-33(5,30)31)20(3)24(26)17-25(29)32-4/h6-16,28H,17H2,1-5H3/b16-13+. The maximum atomic E-state index is 12.3. The average Bonchev–Trinajstić information content (AvgIpc) is 2.77. The first kappa shape index (κ1) is 24.3. The average molecular weight is 464 g/mol. The van der Waals surface area contributed by atoms with Gasteiger partial charge in [0, 0.05) is 5.56 Å². The lowest BCUT2D eigenvalue weighted by Crippen LogP contribution is -2.16. The lowest BCUT2D eigenvalue weighted by molar-refractivity contribution is -0.139. The molecule has 0 atom stereocenters. The van der Waals surface area contributed by atoms with Gasteiger partial charge in [0.25, 0.3) is 0 Å². The maximum absolute atomic E-state index is 12.3. The van der Waals surface area contributed by atoms with E-state index in [1.165, 1.54) is 7.11 Å². The fourth-order valence-electron chi connectivity index (χ4n) is 3.91. The van der Waals surface area contributed by atoms with Crippen LogP contribution in [0.3, 0.4) is 0 Å². The second-order valence-electron chi connectivity index (χ2n) is 8.13. The van der Waals surface area contributed by atoms with Crippen molar-refractivity contribution >= 4 is 33.8 Å². The van der Waals surface area contributed by atoms with Crippen LogP contribution in [0.2, 0.25) is 0 Å². The summed E-state index contributed by atoms with van der Waals surface area (Å²) in [5, 5.41) is 0. The first-order valence-electron chi connectivity index (χ1n) is 10.6. The molecule has 0 aliphatic carbocycles. The van der Waals surface area contributed by atoms with Gasteiger partial charge in [0.05, 0.1) is 25.5 Å². The molecule has 0 aliphatic heterocycles. The summed E-state index contributed by atoms with van der Waals surface area (Å²) < 4.78 is 32.1. The number of nitrogens with one attached hydrogen (secondary N) is 1. The fraction of sp³-hybridized carbons (Fsp3) is 0.222. The highest BCUT2D eigenvalue weighted by atomic mass is 32.2. The van der Waals surface area contributed by atoms with Crippen LogP contribution >= 0.6 is 0 Å². The van der Waals surface area contributed by atoms with E-state index in [-0.39, 0.29) is 12.4 Å². The summed E-state index contributed by atoms with van der Waals surface area (Å²) in [5.74, 6) is -0.385. The van der Waals surface area contributed by atoms with Crippen LogP contribution in [-0.4, -0.2) is 27.8 Å². The summed E-state index contributed by atoms with van der Waals surface area (Å²) in [6, 6.07) is 17.9. The van der Waals surface area contributed by atoms with Gasteiger partial charge in [0.15, 0.2) is 0 Å². The number of benzene rings is 3. The Morgan fingerprint density at radius 2 is 1.58 bits per heavy atom. The third-order valence-electron chi connectivity index (χ3n) is 5.60. The molecule has 6 heteroatoms. The van der Waals surface area contributed by atoms with E-state index < -0.39 is 10.0 Å². The summed E-state index contributed by atoms with van der Waals surface area (Å²) in [6.07, 6.45) is 5.03. The number of carbonyl (C=O) groups is 1. The van der Waals surface area contributed by atoms with Gasteiger partial charge in [0.2, 0.25) is 10.0 Å². The van der Waals surface area contributed by atoms with E-state index in [2.05, 4.69) is 4.72 Å². The zero-order chi connectivity index (χ0) is 24.2. The number of hydrogen-bond donors (Lipinski definition) is 1. The lowest BCUT2D eigenvalue weighted by atomic mass is 9.85. The highest BCUT2D eigenvalue weighted by Gasteiger charge is 2.23. The summed E-state index contributed by atoms with van der Waals surface area (Å²) in [6.45, 7) is 5.81. The van der Waals surface area contributed by atoms with Crippen LogP contribution < -0.4 is 4.72 Å². The molecule has 1 N–H and O–H groups in total. The largest absolute Gasteiger partial charge is 0.469 e. The number of ether oxygens (including phenoxy) is 1. The molecule has 3 rings (SSSR count). The van der Waals surface area contributed by atoms with E-state index in [1.807, 2.05) is 87.5 Å². The van der Waals surface area contributed by atoms with Crippen LogP contribution in [0.4, 0.5) is 5.69 Å². The number of esters is 1. The van der Waals surface area contributed by atoms with Crippen molar-refractivity contribution in [2.75, 3.05) is 18.1 Å². The van der Waals surface area contributed by atoms with Gasteiger partial charge in [-0.1, -0.05) is 72.3 Å². The van der Waals surface area contributed by atoms with E-state index in [1.54, 1.807) is 0 Å². The third-order valence-corrected chi connectivity index (χ3v) is 6.17. The smallest absolute Gasteiger partial charge is 0.310 e. The first-order chi connectivity index (χ1) is 15.6. The third kappa shape index (κ3) is 5.90. The highest BCUT2D eigenvalue weighted by molar-refractivity contribution is 7.92. The first-order valence-corrected chi connectivity index (χ1v) is 12.5. The molecule has 3 aromatic rings. The van der Waals surface area contributed by atoms with Crippen LogP contribution in [0.5, 0.6) is 0 Å². The zero-order valence-electron chi connectivity index (χ0n) is 19.6. The fourth-order valence-corrected chi connectivity index (χ4v) is 4.54. The molecule has 3 aromatic carbocycles. The molecule has 0 heterocycles. The van der Waals surface area contributed by atoms with E-state index in [0.29, 0.717) is 11.3 Å². The van der Waals surface area contributed by atoms with Crippen molar-refractivity contribution in [3.63, 3.8) is 0 Å². The highest BCUT2D eigenvalue weighted by Crippen LogP contribution is 2.39. The number of anilines is 1. The molecule has 33 heavy (non-hydrogen) atoms. The van der Waals surface area contributed by atoms with E-state index in [9.17, 15) is 13.2 Å². The van der Waals surface area contributed by atoms with E-state index in [4.69, 9.17) is 4.74 Å². The van der Waals surface area contributed by atoms with Crippen LogP contribution in [0, 0.1) is 20.8 Å². The van der Waals surface area contributed by atoms with Crippen LogP contribution in [0.1, 0.15) is 33.4 Å². The molecule has 0 aromatic heterocycles. The van der Waals surface area contributed by atoms with Crippen molar-refractivity contribution in [2.24, 2.45) is 0 Å². The van der Waals surface area contributed by atoms with Crippen LogP contribution in [-0.2, 0) is 26.0 Å². The van der Waals surface area contributed by atoms with Crippen molar-refractivity contribution in [1.29, 1.82) is 0 Å². The van der Waals surface area contributed by atoms with Gasteiger partial charge in [-0.3, -0.25) is 9.52 Å². The zero-order valence-corrected chi connectivity index (χ0v) is 20.4. The monoisotopic (exact) mass is 463 g/mol. The molecule has 5 nitrogen and oxygen atoms in total. The minimum Gasteiger partial charge on any atom is -0.469 e. The molecule has 0 unspecified atom stereocenters. The predicted octanol–water partition coefficient (Wildman–Crippen LogP) is 5.54. The Kier molecular flexibility index (Phi) is 7.39. The Bertz CT molecular complexity index is 1290. The summed E-state index contributed by atoms with van der Waals surface area (Å²) in [7, 11) is -2.21. The Morgan fingerprint density at radius 3 is 2.15 bits per heavy atom. The minimum atomic E-state index is -3.56. The number of sulfonamides is 1. The molecule has 0 spiro atoms. The molecule has 0 fully saturated rings. The van der Waals surface area contributed by atoms with Crippen molar-refractivity contribution in [3.8, 4) is 11.1 Å². The maximum Gasteiger partial charge on any atom is 0.310 e. The van der Waals surface area contributed by atoms with Gasteiger partial charge >= 0.3 is 5.97 Å². The van der Waals surface area contributed by atoms with Gasteiger partial charge in [-0.15, -0.1) is 0 Å². The van der Waals surface area contributed by atoms with Crippen molar-refractivity contribution < 1.29 is 17.9 Å². The van der Waals surface area contributed by atoms with Gasteiger partial charge in [0.1, 0.15) is 0 Å². The molecule has 0 amide bonds. The van der Waals surface area contributed by atoms with Crippen LogP contribution in [0.25, 0.3) is 23.3 Å². The van der Waals surface area contributed by atoms with E-state index in [0.717, 1.165) is 45.2 Å². The van der Waals surface area contributed by atoms with Gasteiger partial charge in [-0.2, -0.15) is 0 Å². The molecule has 0 saturated carbocycles. The molecular formula is C27H29NO4S. The Labute approximate surface area is 196 Å². The molecule has 0 aliphatic rings. The SMILES string of the molecule is COC(=O)Cc1c(C)c(NS(C)(=O)=O)c(/C=C/c2ccccc2)c(C)c1-c1ccc(C)cc1. The van der Waals surface area contributed by atoms with Gasteiger partial charge in [-0.25, -0.2) is 8.42 Å². The second kappa shape index (κ2) is 10.0. The molecule has 0 bridgehead atoms. The number of aryl methyl sites for hydroxylation is 1. The molecular weight excluding hydrogens is 434 g/mol. The minimum absolute atomic E-state index is 0.0352. The molecule has 0 saturated heterocycles. The lowest BCUT2D eigenvalue weighted by Gasteiger charge is -2.23. The number of carbonyl (C=O) groups excluding carboxylic acids is 1. The number of hydrogen-bond acceptors (Lipinski definition) is 4. The second-order valence-corrected chi connectivity index (χ2v) is 9.88. The van der Waals surface area contributed by atoms with Crippen LogP contribution in [0.15, 0.2) is 54.6 Å². The normalized spacial score (nSPS) is 11.5.